The molecule has 4 rings (SSSR count). The van der Waals surface area contributed by atoms with E-state index in [9.17, 15) is 18.6 Å². The summed E-state index contributed by atoms with van der Waals surface area (Å²) in [5.74, 6) is 0.467. The molecule has 0 fully saturated rings. The van der Waals surface area contributed by atoms with Crippen molar-refractivity contribution in [3.63, 3.8) is 0 Å². The molecule has 0 unspecified atom stereocenters. The van der Waals surface area contributed by atoms with Gasteiger partial charge in [-0.25, -0.2) is 8.42 Å². The lowest BCUT2D eigenvalue weighted by molar-refractivity contribution is 0.105. The third-order valence-electron chi connectivity index (χ3n) is 5.95. The first kappa shape index (κ1) is 24.9. The molecule has 0 bridgehead atoms. The highest BCUT2D eigenvalue weighted by Gasteiger charge is 2.28. The van der Waals surface area contributed by atoms with Crippen molar-refractivity contribution in [2.75, 3.05) is 6.61 Å². The van der Waals surface area contributed by atoms with E-state index in [2.05, 4.69) is 6.08 Å². The zero-order valence-electron chi connectivity index (χ0n) is 18.6. The first-order chi connectivity index (χ1) is 16.4. The monoisotopic (exact) mass is 518 g/mol. The van der Waals surface area contributed by atoms with E-state index in [1.165, 1.54) is 11.3 Å². The molecular formula is C26H27ClO5S2. The van der Waals surface area contributed by atoms with E-state index >= 15 is 0 Å². The number of sulfone groups is 1. The molecule has 3 aromatic rings. The molecule has 2 aromatic carbocycles. The van der Waals surface area contributed by atoms with Crippen LogP contribution < -0.4 is 4.74 Å². The summed E-state index contributed by atoms with van der Waals surface area (Å²) in [4.78, 5) is 1.33. The van der Waals surface area contributed by atoms with Gasteiger partial charge in [-0.2, -0.15) is 0 Å². The van der Waals surface area contributed by atoms with Crippen molar-refractivity contribution in [2.45, 2.75) is 47.5 Å². The van der Waals surface area contributed by atoms with Crippen LogP contribution in [0.15, 0.2) is 81.4 Å². The molecule has 0 radical (unpaired) electrons. The number of hydrogen-bond donors (Lipinski definition) is 2. The fourth-order valence-electron chi connectivity index (χ4n) is 4.14. The summed E-state index contributed by atoms with van der Waals surface area (Å²) in [6.07, 6.45) is 4.61. The minimum Gasteiger partial charge on any atom is -0.493 e. The van der Waals surface area contributed by atoms with Gasteiger partial charge in [0.05, 0.1) is 24.2 Å². The van der Waals surface area contributed by atoms with Gasteiger partial charge in [0.1, 0.15) is 9.96 Å². The lowest BCUT2D eigenvalue weighted by Gasteiger charge is -2.20. The molecular weight excluding hydrogens is 492 g/mol. The minimum atomic E-state index is -3.48. The molecule has 180 valence electrons. The van der Waals surface area contributed by atoms with Gasteiger partial charge in [-0.05, 0) is 73.7 Å². The molecule has 1 aromatic heterocycles. The molecule has 0 aliphatic heterocycles. The highest BCUT2D eigenvalue weighted by Crippen LogP contribution is 2.33. The zero-order chi connectivity index (χ0) is 24.1. The summed E-state index contributed by atoms with van der Waals surface area (Å²) in [7, 11) is -3.48. The van der Waals surface area contributed by atoms with Crippen LogP contribution in [0.2, 0.25) is 5.02 Å². The maximum absolute atomic E-state index is 12.8. The second kappa shape index (κ2) is 11.1. The smallest absolute Gasteiger partial charge is 0.215 e. The molecule has 34 heavy (non-hydrogen) atoms. The molecule has 1 heterocycles. The highest BCUT2D eigenvalue weighted by molar-refractivity contribution is 7.93. The summed E-state index contributed by atoms with van der Waals surface area (Å²) >= 11 is 7.40. The number of aliphatic hydroxyl groups excluding tert-OH is 2. The van der Waals surface area contributed by atoms with Crippen LogP contribution in [0, 0.1) is 5.92 Å². The van der Waals surface area contributed by atoms with Crippen LogP contribution in [0.25, 0.3) is 0 Å². The predicted octanol–water partition coefficient (Wildman–Crippen LogP) is 5.44. The SMILES string of the molecule is O=S(=O)(c1ccccc1)c1ccc(CCCC2=CC[C@@H](O)[C@@H]2COc2cc(Cl)cc(CO)c2)s1. The number of aryl methyl sites for hydroxylation is 1. The van der Waals surface area contributed by atoms with Gasteiger partial charge in [-0.3, -0.25) is 0 Å². The quantitative estimate of drug-likeness (QED) is 0.349. The lowest BCUT2D eigenvalue weighted by atomic mass is 9.96. The van der Waals surface area contributed by atoms with Gasteiger partial charge in [0, 0.05) is 15.8 Å². The zero-order valence-corrected chi connectivity index (χ0v) is 21.0. The second-order valence-electron chi connectivity index (χ2n) is 8.34. The summed E-state index contributed by atoms with van der Waals surface area (Å²) in [6, 6.07) is 17.2. The van der Waals surface area contributed by atoms with Crippen LogP contribution in [0.3, 0.4) is 0 Å². The van der Waals surface area contributed by atoms with Gasteiger partial charge in [0.2, 0.25) is 9.84 Å². The average molecular weight is 519 g/mol. The van der Waals surface area contributed by atoms with Gasteiger partial charge in [-0.1, -0.05) is 41.4 Å². The first-order valence-electron chi connectivity index (χ1n) is 11.2. The molecule has 8 heteroatoms. The number of aliphatic hydroxyl groups is 2. The van der Waals surface area contributed by atoms with Crippen molar-refractivity contribution in [1.82, 2.24) is 0 Å². The standard InChI is InChI=1S/C26H27ClO5S2/c27-20-13-18(16-28)14-21(15-20)32-17-24-19(9-11-25(24)29)5-4-6-22-10-12-26(33-22)34(30,31)23-7-2-1-3-8-23/h1-3,7-10,12-15,24-25,28-29H,4-6,11,16-17H2/t24-,25-/m1/s1. The van der Waals surface area contributed by atoms with Crippen LogP contribution in [-0.4, -0.2) is 31.3 Å². The Hall–Kier alpha value is -2.16. The lowest BCUT2D eigenvalue weighted by Crippen LogP contribution is -2.23. The predicted molar refractivity (Wildman–Crippen MR) is 134 cm³/mol. The fraction of sp³-hybridized carbons (Fsp3) is 0.308. The van der Waals surface area contributed by atoms with Gasteiger partial charge in [-0.15, -0.1) is 11.3 Å². The summed E-state index contributed by atoms with van der Waals surface area (Å²) in [5.41, 5.74) is 1.83. The van der Waals surface area contributed by atoms with E-state index in [1.54, 1.807) is 54.6 Å². The Balaban J connectivity index is 1.32. The number of halogens is 1. The number of benzene rings is 2. The number of thiophene rings is 1. The van der Waals surface area contributed by atoms with E-state index in [1.807, 2.05) is 6.07 Å². The Morgan fingerprint density at radius 2 is 1.85 bits per heavy atom. The molecule has 2 atom stereocenters. The molecule has 0 spiro atoms. The van der Waals surface area contributed by atoms with E-state index in [4.69, 9.17) is 16.3 Å². The summed E-state index contributed by atoms with van der Waals surface area (Å²) in [6.45, 7) is 0.210. The van der Waals surface area contributed by atoms with Crippen molar-refractivity contribution in [2.24, 2.45) is 5.92 Å². The average Bonchev–Trinajstić information content (AvgIpc) is 3.45. The topological polar surface area (TPSA) is 83.8 Å². The molecule has 2 N–H and O–H groups in total. The second-order valence-corrected chi connectivity index (χ2v) is 12.1. The van der Waals surface area contributed by atoms with Gasteiger partial charge < -0.3 is 14.9 Å². The van der Waals surface area contributed by atoms with Gasteiger partial charge >= 0.3 is 0 Å². The molecule has 0 saturated heterocycles. The fourth-order valence-corrected chi connectivity index (χ4v) is 7.21. The van der Waals surface area contributed by atoms with Crippen molar-refractivity contribution >= 4 is 32.8 Å². The molecule has 1 aliphatic rings. The van der Waals surface area contributed by atoms with Gasteiger partial charge in [0.25, 0.3) is 0 Å². The third kappa shape index (κ3) is 5.90. The Morgan fingerprint density at radius 3 is 2.62 bits per heavy atom. The largest absolute Gasteiger partial charge is 0.493 e. The van der Waals surface area contributed by atoms with Crippen molar-refractivity contribution < 1.29 is 23.4 Å². The van der Waals surface area contributed by atoms with Crippen LogP contribution in [-0.2, 0) is 22.9 Å². The van der Waals surface area contributed by atoms with E-state index in [0.717, 1.165) is 29.7 Å². The van der Waals surface area contributed by atoms with Crippen LogP contribution in [0.4, 0.5) is 0 Å². The Morgan fingerprint density at radius 1 is 1.06 bits per heavy atom. The van der Waals surface area contributed by atoms with Crippen molar-refractivity contribution in [1.29, 1.82) is 0 Å². The number of rotatable bonds is 10. The maximum Gasteiger partial charge on any atom is 0.215 e. The van der Waals surface area contributed by atoms with E-state index < -0.39 is 15.9 Å². The Bertz CT molecular complexity index is 1250. The highest BCUT2D eigenvalue weighted by atomic mass is 35.5. The summed E-state index contributed by atoms with van der Waals surface area (Å²) in [5, 5.41) is 20.3. The van der Waals surface area contributed by atoms with Crippen LogP contribution in [0.1, 0.15) is 29.7 Å². The number of hydrogen-bond acceptors (Lipinski definition) is 6. The normalized spacial score (nSPS) is 18.1. The number of ether oxygens (including phenoxy) is 1. The minimum absolute atomic E-state index is 0.103. The molecule has 1 aliphatic carbocycles. The Labute approximate surface area is 209 Å². The molecule has 0 amide bonds. The first-order valence-corrected chi connectivity index (χ1v) is 13.8. The molecule has 0 saturated carbocycles. The third-order valence-corrected chi connectivity index (χ3v) is 9.57. The van der Waals surface area contributed by atoms with Crippen molar-refractivity contribution in [3.8, 4) is 5.75 Å². The maximum atomic E-state index is 12.8. The Kier molecular flexibility index (Phi) is 8.11. The van der Waals surface area contributed by atoms with Crippen LogP contribution in [0.5, 0.6) is 5.75 Å². The van der Waals surface area contributed by atoms with Gasteiger partial charge in [0.15, 0.2) is 0 Å². The summed E-state index contributed by atoms with van der Waals surface area (Å²) < 4.78 is 31.9. The van der Waals surface area contributed by atoms with E-state index in [0.29, 0.717) is 38.5 Å². The van der Waals surface area contributed by atoms with Crippen LogP contribution >= 0.6 is 22.9 Å². The van der Waals surface area contributed by atoms with Crippen molar-refractivity contribution in [3.05, 3.63) is 87.8 Å². The molecule has 5 nitrogen and oxygen atoms in total. The van der Waals surface area contributed by atoms with E-state index in [-0.39, 0.29) is 12.5 Å².